The molecule has 3 N–H and O–H groups in total. The zero-order valence-electron chi connectivity index (χ0n) is 12.6. The monoisotopic (exact) mass is 291 g/mol. The van der Waals surface area contributed by atoms with E-state index in [1.54, 1.807) is 24.3 Å². The highest BCUT2D eigenvalue weighted by atomic mass is 16.3. The molecule has 0 radical (unpaired) electrons. The maximum absolute atomic E-state index is 12.3. The Labute approximate surface area is 126 Å². The Kier molecular flexibility index (Phi) is 5.37. The van der Waals surface area contributed by atoms with Crippen LogP contribution in [0.1, 0.15) is 50.7 Å². The fourth-order valence-electron chi connectivity index (χ4n) is 3.15. The summed E-state index contributed by atoms with van der Waals surface area (Å²) in [5.41, 5.74) is -0.0910. The molecular formula is C17H25NO3. The molecule has 0 saturated heterocycles. The molecule has 116 valence electrons. The van der Waals surface area contributed by atoms with Gasteiger partial charge in [-0.1, -0.05) is 49.6 Å². The molecular weight excluding hydrogens is 266 g/mol. The Bertz CT molecular complexity index is 456. The van der Waals surface area contributed by atoms with Crippen molar-refractivity contribution in [3.05, 3.63) is 35.9 Å². The Morgan fingerprint density at radius 2 is 1.90 bits per heavy atom. The topological polar surface area (TPSA) is 69.6 Å². The maximum Gasteiger partial charge on any atom is 0.253 e. The summed E-state index contributed by atoms with van der Waals surface area (Å²) in [6, 6.07) is 8.87. The molecule has 1 aromatic rings. The smallest absolute Gasteiger partial charge is 0.253 e. The maximum atomic E-state index is 12.3. The number of nitrogens with one attached hydrogen (secondary N) is 1. The zero-order valence-corrected chi connectivity index (χ0v) is 12.6. The largest absolute Gasteiger partial charge is 0.394 e. The van der Waals surface area contributed by atoms with Crippen LogP contribution >= 0.6 is 0 Å². The van der Waals surface area contributed by atoms with Gasteiger partial charge in [0.2, 0.25) is 0 Å². The summed E-state index contributed by atoms with van der Waals surface area (Å²) >= 11 is 0. The van der Waals surface area contributed by atoms with Crippen molar-refractivity contribution in [2.45, 2.75) is 50.7 Å². The van der Waals surface area contributed by atoms with Crippen LogP contribution in [0.5, 0.6) is 0 Å². The first-order chi connectivity index (χ1) is 10.1. The van der Waals surface area contributed by atoms with Crippen LogP contribution in [-0.2, 0) is 4.79 Å². The van der Waals surface area contributed by atoms with Gasteiger partial charge in [0.15, 0.2) is 6.10 Å². The molecule has 1 aromatic carbocycles. The minimum absolute atomic E-state index is 0.106. The lowest BCUT2D eigenvalue weighted by atomic mass is 9.76. The van der Waals surface area contributed by atoms with Crippen LogP contribution in [0.3, 0.4) is 0 Å². The molecule has 0 bridgehead atoms. The third kappa shape index (κ3) is 3.83. The molecule has 2 atom stereocenters. The minimum atomic E-state index is -1.19. The van der Waals surface area contributed by atoms with E-state index in [-0.39, 0.29) is 12.5 Å². The van der Waals surface area contributed by atoms with Crippen molar-refractivity contribution >= 4 is 5.91 Å². The average Bonchev–Trinajstić information content (AvgIpc) is 2.55. The number of carbonyl (C=O) groups excluding carboxylic acids is 1. The van der Waals surface area contributed by atoms with Gasteiger partial charge in [-0.25, -0.2) is 0 Å². The van der Waals surface area contributed by atoms with Gasteiger partial charge >= 0.3 is 0 Å². The van der Waals surface area contributed by atoms with E-state index in [1.165, 1.54) is 6.42 Å². The summed E-state index contributed by atoms with van der Waals surface area (Å²) < 4.78 is 0. The highest BCUT2D eigenvalue weighted by Crippen LogP contribution is 2.32. The van der Waals surface area contributed by atoms with Crippen molar-refractivity contribution in [2.24, 2.45) is 5.92 Å². The summed E-state index contributed by atoms with van der Waals surface area (Å²) in [5.74, 6) is -0.175. The zero-order chi connectivity index (χ0) is 15.3. The van der Waals surface area contributed by atoms with E-state index in [0.29, 0.717) is 5.56 Å². The molecule has 1 aliphatic rings. The lowest BCUT2D eigenvalue weighted by Crippen LogP contribution is -2.55. The third-order valence-corrected chi connectivity index (χ3v) is 4.61. The number of hydrogen-bond acceptors (Lipinski definition) is 3. The lowest BCUT2D eigenvalue weighted by Gasteiger charge is -2.39. The number of carbonyl (C=O) groups is 1. The van der Waals surface area contributed by atoms with E-state index in [1.807, 2.05) is 13.0 Å². The van der Waals surface area contributed by atoms with Crippen LogP contribution in [0.2, 0.25) is 0 Å². The highest BCUT2D eigenvalue weighted by Gasteiger charge is 2.37. The van der Waals surface area contributed by atoms with Gasteiger partial charge in [-0.05, 0) is 31.2 Å². The number of benzene rings is 1. The van der Waals surface area contributed by atoms with Gasteiger partial charge in [-0.3, -0.25) is 4.79 Å². The Hall–Kier alpha value is -1.39. The summed E-state index contributed by atoms with van der Waals surface area (Å²) in [5, 5.41) is 22.8. The van der Waals surface area contributed by atoms with Gasteiger partial charge < -0.3 is 15.5 Å². The first-order valence-corrected chi connectivity index (χ1v) is 7.73. The molecule has 1 saturated carbocycles. The molecule has 0 aliphatic heterocycles. The summed E-state index contributed by atoms with van der Waals surface area (Å²) in [4.78, 5) is 12.3. The van der Waals surface area contributed by atoms with Crippen molar-refractivity contribution < 1.29 is 15.0 Å². The second-order valence-corrected chi connectivity index (χ2v) is 6.21. The van der Waals surface area contributed by atoms with Crippen molar-refractivity contribution in [3.63, 3.8) is 0 Å². The first-order valence-electron chi connectivity index (χ1n) is 7.73. The molecule has 0 aromatic heterocycles. The van der Waals surface area contributed by atoms with Crippen molar-refractivity contribution in [3.8, 4) is 0 Å². The fraction of sp³-hybridized carbons (Fsp3) is 0.588. The summed E-state index contributed by atoms with van der Waals surface area (Å²) in [6.07, 6.45) is 4.32. The second-order valence-electron chi connectivity index (χ2n) is 6.21. The molecule has 21 heavy (non-hydrogen) atoms. The van der Waals surface area contributed by atoms with E-state index in [9.17, 15) is 15.0 Å². The standard InChI is InChI=1S/C17H25NO3/c1-17(12-19,14-10-6-3-7-11-14)18-16(21)15(20)13-8-4-2-5-9-13/h2,4-5,8-9,14-15,19-20H,3,6-7,10-12H2,1H3,(H,18,21)/t15-,17-/m0/s1. The Balaban J connectivity index is 2.05. The molecule has 1 amide bonds. The highest BCUT2D eigenvalue weighted by molar-refractivity contribution is 5.82. The molecule has 0 unspecified atom stereocenters. The lowest BCUT2D eigenvalue weighted by molar-refractivity contribution is -0.133. The number of amides is 1. The minimum Gasteiger partial charge on any atom is -0.394 e. The van der Waals surface area contributed by atoms with Gasteiger partial charge in [0.05, 0.1) is 12.1 Å². The molecule has 1 aliphatic carbocycles. The van der Waals surface area contributed by atoms with Gasteiger partial charge in [-0.2, -0.15) is 0 Å². The number of hydrogen-bond donors (Lipinski definition) is 3. The summed E-state index contributed by atoms with van der Waals surface area (Å²) in [7, 11) is 0. The van der Waals surface area contributed by atoms with Crippen molar-refractivity contribution in [2.75, 3.05) is 6.61 Å². The molecule has 4 heteroatoms. The number of rotatable bonds is 5. The van der Waals surface area contributed by atoms with E-state index >= 15 is 0 Å². The predicted octanol–water partition coefficient (Wildman–Crippen LogP) is 2.17. The van der Waals surface area contributed by atoms with Crippen molar-refractivity contribution in [1.29, 1.82) is 0 Å². The second kappa shape index (κ2) is 7.05. The van der Waals surface area contributed by atoms with E-state index in [4.69, 9.17) is 0 Å². The third-order valence-electron chi connectivity index (χ3n) is 4.61. The van der Waals surface area contributed by atoms with Gasteiger partial charge in [0, 0.05) is 0 Å². The van der Waals surface area contributed by atoms with Crippen LogP contribution < -0.4 is 5.32 Å². The molecule has 1 fully saturated rings. The van der Waals surface area contributed by atoms with Crippen LogP contribution in [0.15, 0.2) is 30.3 Å². The quantitative estimate of drug-likeness (QED) is 0.778. The van der Waals surface area contributed by atoms with E-state index in [2.05, 4.69) is 5.32 Å². The SMILES string of the molecule is C[C@@](CO)(NC(=O)[C@@H](O)c1ccccc1)C1CCCCC1. The van der Waals surface area contributed by atoms with Crippen LogP contribution in [0.4, 0.5) is 0 Å². The van der Waals surface area contributed by atoms with E-state index < -0.39 is 17.6 Å². The van der Waals surface area contributed by atoms with Gasteiger partial charge in [-0.15, -0.1) is 0 Å². The molecule has 2 rings (SSSR count). The Morgan fingerprint density at radius 1 is 1.29 bits per heavy atom. The molecule has 4 nitrogen and oxygen atoms in total. The van der Waals surface area contributed by atoms with Gasteiger partial charge in [0.1, 0.15) is 0 Å². The number of aliphatic hydroxyl groups excluding tert-OH is 2. The van der Waals surface area contributed by atoms with E-state index in [0.717, 1.165) is 25.7 Å². The summed E-state index contributed by atoms with van der Waals surface area (Å²) in [6.45, 7) is 1.77. The Morgan fingerprint density at radius 3 is 2.48 bits per heavy atom. The first kappa shape index (κ1) is 16.0. The predicted molar refractivity (Wildman–Crippen MR) is 81.6 cm³/mol. The van der Waals surface area contributed by atoms with Crippen LogP contribution in [0, 0.1) is 5.92 Å². The number of aliphatic hydroxyl groups is 2. The normalized spacial score (nSPS) is 20.5. The van der Waals surface area contributed by atoms with Crippen molar-refractivity contribution in [1.82, 2.24) is 5.32 Å². The molecule has 0 heterocycles. The average molecular weight is 291 g/mol. The van der Waals surface area contributed by atoms with Crippen LogP contribution in [-0.4, -0.2) is 28.3 Å². The van der Waals surface area contributed by atoms with Gasteiger partial charge in [0.25, 0.3) is 5.91 Å². The fourth-order valence-corrected chi connectivity index (χ4v) is 3.15. The van der Waals surface area contributed by atoms with Crippen LogP contribution in [0.25, 0.3) is 0 Å². The molecule has 0 spiro atoms.